The lowest BCUT2D eigenvalue weighted by Crippen LogP contribution is -2.34. The van der Waals surface area contributed by atoms with Crippen LogP contribution in [0, 0.1) is 21.4 Å². The number of rotatable bonds is 3. The number of anilines is 1. The first-order chi connectivity index (χ1) is 14.3. The summed E-state index contributed by atoms with van der Waals surface area (Å²) in [4.78, 5) is 40.1. The number of nitrogens with zero attached hydrogens (tertiary/aromatic N) is 3. The lowest BCUT2D eigenvalue weighted by molar-refractivity contribution is -0.384. The number of nitriles is 1. The Balaban J connectivity index is 2.18. The Morgan fingerprint density at radius 2 is 2.00 bits per heavy atom. The van der Waals surface area contributed by atoms with Gasteiger partial charge in [0.05, 0.1) is 16.7 Å². The standard InChI is InChI=1S/C20H20N4O7/c1-19(2,3)30-18(26)31-23-12(10-21)9-15(24(27)28)16(23)11-6-7-14-13(8-11)20(4,5)29-17(25)22-14/h6-9H,1-5H3,(H,22,25). The summed E-state index contributed by atoms with van der Waals surface area (Å²) in [7, 11) is 0. The van der Waals surface area contributed by atoms with Gasteiger partial charge in [-0.1, -0.05) is 6.07 Å². The number of carbonyl (C=O) groups excluding carboxylic acids is 2. The topological polar surface area (TPSA) is 146 Å². The van der Waals surface area contributed by atoms with Crippen LogP contribution in [0.15, 0.2) is 24.3 Å². The maximum absolute atomic E-state index is 12.2. The van der Waals surface area contributed by atoms with Gasteiger partial charge < -0.3 is 9.47 Å². The predicted octanol–water partition coefficient (Wildman–Crippen LogP) is 4.10. The van der Waals surface area contributed by atoms with Gasteiger partial charge in [0, 0.05) is 11.1 Å². The van der Waals surface area contributed by atoms with Crippen LogP contribution in [-0.2, 0) is 15.1 Å². The van der Waals surface area contributed by atoms with Crippen molar-refractivity contribution in [2.45, 2.75) is 45.8 Å². The molecule has 2 heterocycles. The summed E-state index contributed by atoms with van der Waals surface area (Å²) in [5.74, 6) is 0. The summed E-state index contributed by atoms with van der Waals surface area (Å²) in [6, 6.07) is 7.39. The smallest absolute Gasteiger partial charge is 0.438 e. The Kier molecular flexibility index (Phi) is 5.11. The third-order valence-electron chi connectivity index (χ3n) is 4.33. The first kappa shape index (κ1) is 21.6. The number of aromatic nitrogens is 1. The van der Waals surface area contributed by atoms with Gasteiger partial charge in [0.15, 0.2) is 11.4 Å². The van der Waals surface area contributed by atoms with Crippen LogP contribution in [0.2, 0.25) is 0 Å². The fourth-order valence-corrected chi connectivity index (χ4v) is 3.12. The van der Waals surface area contributed by atoms with Crippen LogP contribution in [-0.4, -0.2) is 27.5 Å². The second-order valence-corrected chi connectivity index (χ2v) is 8.27. The molecular formula is C20H20N4O7. The highest BCUT2D eigenvalue weighted by Crippen LogP contribution is 2.40. The number of nitrogens with one attached hydrogen (secondary N) is 1. The molecule has 11 nitrogen and oxygen atoms in total. The number of benzene rings is 1. The summed E-state index contributed by atoms with van der Waals surface area (Å²) in [5.41, 5.74) is -1.47. The maximum atomic E-state index is 12.2. The molecule has 0 saturated carbocycles. The van der Waals surface area contributed by atoms with Gasteiger partial charge >= 0.3 is 12.2 Å². The van der Waals surface area contributed by atoms with Crippen molar-refractivity contribution in [2.75, 3.05) is 5.32 Å². The van der Waals surface area contributed by atoms with E-state index in [9.17, 15) is 25.0 Å². The molecule has 0 unspecified atom stereocenters. The molecule has 31 heavy (non-hydrogen) atoms. The van der Waals surface area contributed by atoms with Gasteiger partial charge in [-0.15, -0.1) is 0 Å². The number of ether oxygens (including phenoxy) is 2. The molecule has 1 aliphatic heterocycles. The minimum absolute atomic E-state index is 0.136. The van der Waals surface area contributed by atoms with Crippen molar-refractivity contribution in [3.8, 4) is 17.3 Å². The highest BCUT2D eigenvalue weighted by atomic mass is 16.8. The molecule has 0 fully saturated rings. The van der Waals surface area contributed by atoms with Gasteiger partial charge in [0.25, 0.3) is 5.69 Å². The van der Waals surface area contributed by atoms with Crippen LogP contribution in [0.4, 0.5) is 21.0 Å². The van der Waals surface area contributed by atoms with E-state index < -0.39 is 34.1 Å². The highest BCUT2D eigenvalue weighted by molar-refractivity contribution is 5.90. The molecule has 1 N–H and O–H groups in total. The average Bonchev–Trinajstić information content (AvgIpc) is 2.97. The second-order valence-electron chi connectivity index (χ2n) is 8.27. The Morgan fingerprint density at radius 1 is 1.32 bits per heavy atom. The van der Waals surface area contributed by atoms with Crippen molar-refractivity contribution in [1.82, 2.24) is 4.73 Å². The minimum Gasteiger partial charge on any atom is -0.438 e. The van der Waals surface area contributed by atoms with Crippen LogP contribution in [0.5, 0.6) is 0 Å². The molecule has 0 atom stereocenters. The zero-order chi connectivity index (χ0) is 23.1. The quantitative estimate of drug-likeness (QED) is 0.437. The normalized spacial score (nSPS) is 14.5. The van der Waals surface area contributed by atoms with Gasteiger partial charge in [-0.05, 0) is 46.8 Å². The van der Waals surface area contributed by atoms with Crippen LogP contribution >= 0.6 is 0 Å². The van der Waals surface area contributed by atoms with E-state index in [1.165, 1.54) is 6.07 Å². The molecule has 2 aromatic rings. The van der Waals surface area contributed by atoms with E-state index in [4.69, 9.17) is 14.3 Å². The van der Waals surface area contributed by atoms with Crippen molar-refractivity contribution < 1.29 is 28.8 Å². The molecule has 0 radical (unpaired) electrons. The highest BCUT2D eigenvalue weighted by Gasteiger charge is 2.35. The zero-order valence-corrected chi connectivity index (χ0v) is 17.5. The Hall–Kier alpha value is -4.07. The van der Waals surface area contributed by atoms with Crippen LogP contribution in [0.1, 0.15) is 45.9 Å². The van der Waals surface area contributed by atoms with Crippen LogP contribution in [0.3, 0.4) is 0 Å². The monoisotopic (exact) mass is 428 g/mol. The molecule has 11 heteroatoms. The van der Waals surface area contributed by atoms with E-state index in [0.29, 0.717) is 11.3 Å². The molecule has 0 spiro atoms. The van der Waals surface area contributed by atoms with E-state index >= 15 is 0 Å². The molecule has 1 amide bonds. The summed E-state index contributed by atoms with van der Waals surface area (Å²) in [5, 5.41) is 23.7. The number of fused-ring (bicyclic) bond motifs is 1. The largest absolute Gasteiger partial charge is 0.534 e. The van der Waals surface area contributed by atoms with Crippen molar-refractivity contribution in [1.29, 1.82) is 5.26 Å². The van der Waals surface area contributed by atoms with Gasteiger partial charge in [-0.25, -0.2) is 9.59 Å². The Labute approximate surface area is 177 Å². The Morgan fingerprint density at radius 3 is 2.58 bits per heavy atom. The number of hydrogen-bond acceptors (Lipinski definition) is 8. The molecule has 1 aromatic heterocycles. The summed E-state index contributed by atoms with van der Waals surface area (Å²) >= 11 is 0. The number of carbonyl (C=O) groups is 2. The first-order valence-corrected chi connectivity index (χ1v) is 9.19. The van der Waals surface area contributed by atoms with Crippen molar-refractivity contribution >= 4 is 23.6 Å². The molecule has 1 aliphatic rings. The van der Waals surface area contributed by atoms with Gasteiger partial charge in [-0.3, -0.25) is 20.3 Å². The molecule has 0 aliphatic carbocycles. The lowest BCUT2D eigenvalue weighted by Gasteiger charge is -2.32. The van der Waals surface area contributed by atoms with Crippen LogP contribution < -0.4 is 10.2 Å². The predicted molar refractivity (Wildman–Crippen MR) is 107 cm³/mol. The van der Waals surface area contributed by atoms with Gasteiger partial charge in [0.2, 0.25) is 0 Å². The average molecular weight is 428 g/mol. The van der Waals surface area contributed by atoms with Crippen molar-refractivity contribution in [2.24, 2.45) is 0 Å². The van der Waals surface area contributed by atoms with Gasteiger partial charge in [-0.2, -0.15) is 9.99 Å². The molecule has 162 valence electrons. The summed E-state index contributed by atoms with van der Waals surface area (Å²) in [6.45, 7) is 8.20. The second kappa shape index (κ2) is 7.32. The van der Waals surface area contributed by atoms with E-state index in [-0.39, 0.29) is 17.0 Å². The molecular weight excluding hydrogens is 408 g/mol. The fourth-order valence-electron chi connectivity index (χ4n) is 3.12. The number of hydrogen-bond donors (Lipinski definition) is 1. The molecule has 1 aromatic carbocycles. The lowest BCUT2D eigenvalue weighted by atomic mass is 9.92. The van der Waals surface area contributed by atoms with Crippen molar-refractivity contribution in [3.63, 3.8) is 0 Å². The first-order valence-electron chi connectivity index (χ1n) is 9.19. The SMILES string of the molecule is CC(C)(C)OC(=O)On1c(C#N)cc([N+](=O)[O-])c1-c1ccc2c(c1)C(C)(C)OC(=O)N2. The van der Waals surface area contributed by atoms with E-state index in [0.717, 1.165) is 10.8 Å². The third kappa shape index (κ3) is 4.28. The summed E-state index contributed by atoms with van der Waals surface area (Å²) in [6.07, 6.45) is -1.76. The fraction of sp³-hybridized carbons (Fsp3) is 0.350. The van der Waals surface area contributed by atoms with Crippen molar-refractivity contribution in [3.05, 3.63) is 45.6 Å². The zero-order valence-electron chi connectivity index (χ0n) is 17.5. The van der Waals surface area contributed by atoms with E-state index in [2.05, 4.69) is 5.32 Å². The van der Waals surface area contributed by atoms with E-state index in [1.54, 1.807) is 52.8 Å². The number of cyclic esters (lactones) is 1. The molecule has 0 saturated heterocycles. The van der Waals surface area contributed by atoms with Crippen LogP contribution in [0.25, 0.3) is 11.3 Å². The minimum atomic E-state index is -1.13. The third-order valence-corrected chi connectivity index (χ3v) is 4.33. The maximum Gasteiger partial charge on any atom is 0.534 e. The Bertz CT molecular complexity index is 1140. The number of amides is 1. The van der Waals surface area contributed by atoms with Gasteiger partial charge in [0.1, 0.15) is 17.3 Å². The molecule has 3 rings (SSSR count). The number of nitro groups is 1. The molecule has 0 bridgehead atoms. The summed E-state index contributed by atoms with van der Waals surface area (Å²) < 4.78 is 11.2. The van der Waals surface area contributed by atoms with E-state index in [1.807, 2.05) is 0 Å².